The largest absolute Gasteiger partial charge is 0.384 e. The molecule has 0 aliphatic carbocycles. The minimum atomic E-state index is 0.777. The third-order valence-corrected chi connectivity index (χ3v) is 4.62. The van der Waals surface area contributed by atoms with Crippen molar-refractivity contribution in [3.63, 3.8) is 0 Å². The van der Waals surface area contributed by atoms with Gasteiger partial charge in [0.25, 0.3) is 0 Å². The predicted octanol–water partition coefficient (Wildman–Crippen LogP) is 3.72. The molecule has 1 aromatic carbocycles. The number of methoxy groups -OCH3 is 1. The average Bonchev–Trinajstić information content (AvgIpc) is 2.55. The summed E-state index contributed by atoms with van der Waals surface area (Å²) in [5.41, 5.74) is 6.99. The van der Waals surface area contributed by atoms with E-state index in [0.717, 1.165) is 45.6 Å². The number of hydrogen-bond acceptors (Lipinski definition) is 3. The fourth-order valence-electron chi connectivity index (χ4n) is 3.19. The van der Waals surface area contributed by atoms with Crippen LogP contribution in [0.15, 0.2) is 18.2 Å². The monoisotopic (exact) mass is 302 g/mol. The standard InChI is InChI=1S/C19H30N2O/c1-5-21(6-2)13-10-17-9-12-20-19-15(3)7-8-16(18(17)19)11-14-22-4/h7-9,20H,5-6,10-14H2,1-4H3. The molecule has 1 aliphatic heterocycles. The van der Waals surface area contributed by atoms with Crippen LogP contribution in [-0.2, 0) is 11.2 Å². The molecule has 0 radical (unpaired) electrons. The highest BCUT2D eigenvalue weighted by Gasteiger charge is 2.18. The van der Waals surface area contributed by atoms with Crippen LogP contribution < -0.4 is 5.32 Å². The van der Waals surface area contributed by atoms with Crippen LogP contribution in [0.2, 0.25) is 0 Å². The maximum Gasteiger partial charge on any atom is 0.0502 e. The lowest BCUT2D eigenvalue weighted by atomic mass is 9.89. The van der Waals surface area contributed by atoms with E-state index in [1.165, 1.54) is 28.0 Å². The molecular weight excluding hydrogens is 272 g/mol. The van der Waals surface area contributed by atoms with Gasteiger partial charge in [0.15, 0.2) is 0 Å². The summed E-state index contributed by atoms with van der Waals surface area (Å²) in [6.45, 7) is 11.8. The maximum atomic E-state index is 5.29. The summed E-state index contributed by atoms with van der Waals surface area (Å²) in [6.07, 6.45) is 4.46. The quantitative estimate of drug-likeness (QED) is 0.792. The third-order valence-electron chi connectivity index (χ3n) is 4.62. The average molecular weight is 302 g/mol. The van der Waals surface area contributed by atoms with Gasteiger partial charge in [0.2, 0.25) is 0 Å². The molecule has 0 atom stereocenters. The minimum absolute atomic E-state index is 0.777. The van der Waals surface area contributed by atoms with E-state index in [9.17, 15) is 0 Å². The van der Waals surface area contributed by atoms with Crippen molar-refractivity contribution in [1.82, 2.24) is 4.90 Å². The summed E-state index contributed by atoms with van der Waals surface area (Å²) < 4.78 is 5.29. The first-order chi connectivity index (χ1) is 10.7. The Bertz CT molecular complexity index is 518. The van der Waals surface area contributed by atoms with Crippen LogP contribution in [0.25, 0.3) is 5.57 Å². The second kappa shape index (κ2) is 8.35. The van der Waals surface area contributed by atoms with E-state index in [2.05, 4.69) is 49.2 Å². The fourth-order valence-corrected chi connectivity index (χ4v) is 3.19. The van der Waals surface area contributed by atoms with Crippen LogP contribution in [0.4, 0.5) is 5.69 Å². The molecule has 1 aromatic rings. The van der Waals surface area contributed by atoms with Crippen molar-refractivity contribution in [2.24, 2.45) is 0 Å². The molecule has 3 heteroatoms. The zero-order valence-electron chi connectivity index (χ0n) is 14.5. The van der Waals surface area contributed by atoms with Gasteiger partial charge in [-0.3, -0.25) is 0 Å². The normalized spacial score (nSPS) is 13.8. The molecule has 3 nitrogen and oxygen atoms in total. The van der Waals surface area contributed by atoms with Crippen LogP contribution in [0.1, 0.15) is 37.0 Å². The van der Waals surface area contributed by atoms with Crippen molar-refractivity contribution in [2.75, 3.05) is 45.2 Å². The SMILES string of the molecule is CCN(CC)CCC1=CCNc2c(C)ccc(CCOC)c21. The lowest BCUT2D eigenvalue weighted by Crippen LogP contribution is -2.25. The molecule has 0 saturated heterocycles. The van der Waals surface area contributed by atoms with Crippen LogP contribution in [0, 0.1) is 6.92 Å². The Balaban J connectivity index is 2.24. The first-order valence-corrected chi connectivity index (χ1v) is 8.48. The number of hydrogen-bond donors (Lipinski definition) is 1. The molecule has 1 aliphatic rings. The molecule has 1 heterocycles. The molecule has 1 N–H and O–H groups in total. The van der Waals surface area contributed by atoms with Gasteiger partial charge < -0.3 is 15.0 Å². The van der Waals surface area contributed by atoms with E-state index in [-0.39, 0.29) is 0 Å². The Labute approximate surface area is 135 Å². The summed E-state index contributed by atoms with van der Waals surface area (Å²) in [5, 5.41) is 3.56. The molecule has 0 spiro atoms. The number of nitrogens with zero attached hydrogens (tertiary/aromatic N) is 1. The molecule has 122 valence electrons. The zero-order chi connectivity index (χ0) is 15.9. The Hall–Kier alpha value is -1.32. The lowest BCUT2D eigenvalue weighted by Gasteiger charge is -2.26. The first-order valence-electron chi connectivity index (χ1n) is 8.48. The van der Waals surface area contributed by atoms with Gasteiger partial charge >= 0.3 is 0 Å². The molecule has 0 unspecified atom stereocenters. The van der Waals surface area contributed by atoms with Crippen LogP contribution in [-0.4, -0.2) is 44.8 Å². The summed E-state index contributed by atoms with van der Waals surface area (Å²) in [4.78, 5) is 2.49. The molecule has 0 saturated carbocycles. The Morgan fingerprint density at radius 3 is 2.64 bits per heavy atom. The van der Waals surface area contributed by atoms with E-state index < -0.39 is 0 Å². The van der Waals surface area contributed by atoms with Crippen LogP contribution >= 0.6 is 0 Å². The fraction of sp³-hybridized carbons (Fsp3) is 0.579. The van der Waals surface area contributed by atoms with Gasteiger partial charge in [0.1, 0.15) is 0 Å². The Morgan fingerprint density at radius 1 is 1.18 bits per heavy atom. The molecule has 2 rings (SSSR count). The highest BCUT2D eigenvalue weighted by Crippen LogP contribution is 2.35. The second-order valence-corrected chi connectivity index (χ2v) is 5.92. The highest BCUT2D eigenvalue weighted by atomic mass is 16.5. The van der Waals surface area contributed by atoms with Crippen molar-refractivity contribution < 1.29 is 4.74 Å². The summed E-state index contributed by atoms with van der Waals surface area (Å²) in [5.74, 6) is 0. The topological polar surface area (TPSA) is 24.5 Å². The van der Waals surface area contributed by atoms with Gasteiger partial charge in [0.05, 0.1) is 6.61 Å². The predicted molar refractivity (Wildman–Crippen MR) is 95.6 cm³/mol. The third kappa shape index (κ3) is 3.90. The zero-order valence-corrected chi connectivity index (χ0v) is 14.5. The Morgan fingerprint density at radius 2 is 1.95 bits per heavy atom. The minimum Gasteiger partial charge on any atom is -0.384 e. The van der Waals surface area contributed by atoms with E-state index >= 15 is 0 Å². The number of fused-ring (bicyclic) bond motifs is 1. The number of rotatable bonds is 8. The molecule has 0 bridgehead atoms. The van der Waals surface area contributed by atoms with Gasteiger partial charge in [-0.2, -0.15) is 0 Å². The maximum absolute atomic E-state index is 5.29. The van der Waals surface area contributed by atoms with E-state index in [1.807, 2.05) is 0 Å². The first kappa shape index (κ1) is 17.0. The van der Waals surface area contributed by atoms with E-state index in [0.29, 0.717) is 0 Å². The summed E-state index contributed by atoms with van der Waals surface area (Å²) >= 11 is 0. The van der Waals surface area contributed by atoms with Gasteiger partial charge in [-0.05, 0) is 49.6 Å². The number of benzene rings is 1. The summed E-state index contributed by atoms with van der Waals surface area (Å²) in [7, 11) is 1.77. The number of ether oxygens (including phenoxy) is 1. The van der Waals surface area contributed by atoms with E-state index in [4.69, 9.17) is 4.74 Å². The van der Waals surface area contributed by atoms with Crippen LogP contribution in [0.3, 0.4) is 0 Å². The number of aryl methyl sites for hydroxylation is 1. The van der Waals surface area contributed by atoms with Gasteiger partial charge in [-0.25, -0.2) is 0 Å². The number of anilines is 1. The summed E-state index contributed by atoms with van der Waals surface area (Å²) in [6, 6.07) is 4.50. The molecule has 22 heavy (non-hydrogen) atoms. The van der Waals surface area contributed by atoms with Crippen molar-refractivity contribution in [1.29, 1.82) is 0 Å². The van der Waals surface area contributed by atoms with Crippen molar-refractivity contribution >= 4 is 11.3 Å². The van der Waals surface area contributed by atoms with Crippen molar-refractivity contribution in [3.05, 3.63) is 34.9 Å². The molecule has 0 aromatic heterocycles. The smallest absolute Gasteiger partial charge is 0.0502 e. The highest BCUT2D eigenvalue weighted by molar-refractivity contribution is 5.83. The van der Waals surface area contributed by atoms with Gasteiger partial charge in [-0.15, -0.1) is 0 Å². The Kier molecular flexibility index (Phi) is 6.47. The molecule has 0 fully saturated rings. The van der Waals surface area contributed by atoms with Gasteiger partial charge in [0, 0.05) is 31.5 Å². The number of nitrogens with one attached hydrogen (secondary N) is 1. The molecule has 0 amide bonds. The van der Waals surface area contributed by atoms with Crippen LogP contribution in [0.5, 0.6) is 0 Å². The second-order valence-electron chi connectivity index (χ2n) is 5.92. The lowest BCUT2D eigenvalue weighted by molar-refractivity contribution is 0.202. The molecular formula is C19H30N2O. The van der Waals surface area contributed by atoms with Gasteiger partial charge in [-0.1, -0.05) is 32.1 Å². The van der Waals surface area contributed by atoms with E-state index in [1.54, 1.807) is 7.11 Å². The van der Waals surface area contributed by atoms with Crippen molar-refractivity contribution in [3.8, 4) is 0 Å². The van der Waals surface area contributed by atoms with Crippen molar-refractivity contribution in [2.45, 2.75) is 33.6 Å².